The Balaban J connectivity index is 2.39. The molecule has 1 fully saturated rings. The number of hydrogen-bond acceptors (Lipinski definition) is 5. The Kier molecular flexibility index (Phi) is 4.88. The van der Waals surface area contributed by atoms with Crippen LogP contribution >= 0.6 is 0 Å². The van der Waals surface area contributed by atoms with Gasteiger partial charge in [-0.25, -0.2) is 8.42 Å². The average molecular weight is 315 g/mol. The van der Waals surface area contributed by atoms with Gasteiger partial charge >= 0.3 is 0 Å². The maximum absolute atomic E-state index is 12.8. The highest BCUT2D eigenvalue weighted by Crippen LogP contribution is 2.29. The van der Waals surface area contributed by atoms with E-state index < -0.39 is 10.0 Å². The minimum Gasteiger partial charge on any atom is -0.495 e. The predicted octanol–water partition coefficient (Wildman–Crippen LogP) is 0.985. The first-order valence-electron chi connectivity index (χ1n) is 6.82. The van der Waals surface area contributed by atoms with Crippen molar-refractivity contribution in [1.29, 1.82) is 0 Å². The third kappa shape index (κ3) is 3.37. The van der Waals surface area contributed by atoms with E-state index in [1.165, 1.54) is 17.5 Å². The average Bonchev–Trinajstić information content (AvgIpc) is 2.45. The van der Waals surface area contributed by atoms with Gasteiger partial charge in [-0.05, 0) is 31.5 Å². The van der Waals surface area contributed by atoms with E-state index in [-0.39, 0.29) is 29.5 Å². The maximum Gasteiger partial charge on any atom is 0.246 e. The number of aliphatic hydroxyl groups excluding tert-OH is 1. The van der Waals surface area contributed by atoms with E-state index in [9.17, 15) is 8.42 Å². The summed E-state index contributed by atoms with van der Waals surface area (Å²) in [6.07, 6.45) is -0.294. The van der Waals surface area contributed by atoms with Crippen molar-refractivity contribution < 1.29 is 23.0 Å². The maximum atomic E-state index is 12.8. The first-order valence-corrected chi connectivity index (χ1v) is 8.26. The molecule has 1 aliphatic rings. The quantitative estimate of drug-likeness (QED) is 0.896. The fraction of sp³-hybridized carbons (Fsp3) is 0.571. The molecule has 0 amide bonds. The molecule has 1 heterocycles. The molecule has 118 valence electrons. The first-order chi connectivity index (χ1) is 9.88. The zero-order chi connectivity index (χ0) is 15.6. The molecule has 0 bridgehead atoms. The summed E-state index contributed by atoms with van der Waals surface area (Å²) in [5.74, 6) is 0.244. The summed E-state index contributed by atoms with van der Waals surface area (Å²) in [5, 5.41) is 9.14. The van der Waals surface area contributed by atoms with Crippen molar-refractivity contribution in [3.05, 3.63) is 23.8 Å². The first kappa shape index (κ1) is 16.2. The van der Waals surface area contributed by atoms with E-state index in [0.717, 1.165) is 0 Å². The fourth-order valence-corrected chi connectivity index (χ4v) is 4.22. The number of nitrogens with zero attached hydrogens (tertiary/aromatic N) is 1. The van der Waals surface area contributed by atoms with Crippen LogP contribution in [0.3, 0.4) is 0 Å². The number of methoxy groups -OCH3 is 1. The largest absolute Gasteiger partial charge is 0.495 e. The second-order valence-corrected chi connectivity index (χ2v) is 7.13. The third-order valence-corrected chi connectivity index (χ3v) is 5.29. The molecule has 0 spiro atoms. The summed E-state index contributed by atoms with van der Waals surface area (Å²) < 4.78 is 37.7. The third-order valence-electron chi connectivity index (χ3n) is 3.41. The van der Waals surface area contributed by atoms with Gasteiger partial charge in [0, 0.05) is 13.1 Å². The van der Waals surface area contributed by atoms with Crippen molar-refractivity contribution in [2.24, 2.45) is 0 Å². The minimum atomic E-state index is -3.65. The summed E-state index contributed by atoms with van der Waals surface area (Å²) in [7, 11) is -2.23. The van der Waals surface area contributed by atoms with Crippen molar-refractivity contribution in [1.82, 2.24) is 4.31 Å². The van der Waals surface area contributed by atoms with Crippen LogP contribution in [0.1, 0.15) is 19.4 Å². The summed E-state index contributed by atoms with van der Waals surface area (Å²) >= 11 is 0. The Hall–Kier alpha value is -1.15. The highest BCUT2D eigenvalue weighted by Gasteiger charge is 2.33. The molecule has 21 heavy (non-hydrogen) atoms. The van der Waals surface area contributed by atoms with Crippen molar-refractivity contribution in [2.45, 2.75) is 37.6 Å². The van der Waals surface area contributed by atoms with Crippen LogP contribution in [0.5, 0.6) is 5.75 Å². The highest BCUT2D eigenvalue weighted by atomic mass is 32.2. The second-order valence-electron chi connectivity index (χ2n) is 5.22. The number of aliphatic hydroxyl groups is 1. The van der Waals surface area contributed by atoms with Gasteiger partial charge in [-0.3, -0.25) is 0 Å². The molecular weight excluding hydrogens is 294 g/mol. The van der Waals surface area contributed by atoms with E-state index in [1.54, 1.807) is 12.1 Å². The number of rotatable bonds is 4. The number of sulfonamides is 1. The topological polar surface area (TPSA) is 76.1 Å². The van der Waals surface area contributed by atoms with E-state index in [4.69, 9.17) is 14.6 Å². The lowest BCUT2D eigenvalue weighted by atomic mass is 10.2. The van der Waals surface area contributed by atoms with E-state index in [1.807, 2.05) is 13.8 Å². The van der Waals surface area contributed by atoms with Crippen molar-refractivity contribution in [3.63, 3.8) is 0 Å². The van der Waals surface area contributed by atoms with Crippen LogP contribution in [-0.4, -0.2) is 50.2 Å². The van der Waals surface area contributed by atoms with Crippen molar-refractivity contribution in [2.75, 3.05) is 20.2 Å². The number of morpholine rings is 1. The lowest BCUT2D eigenvalue weighted by Gasteiger charge is -2.34. The molecule has 1 aromatic carbocycles. The standard InChI is InChI=1S/C14H21NO5S/c1-10-7-15(8-11(2)20-10)21(17,18)14-5-4-12(9-16)6-13(14)19-3/h4-6,10-11,16H,7-9H2,1-3H3. The predicted molar refractivity (Wildman–Crippen MR) is 77.7 cm³/mol. The van der Waals surface area contributed by atoms with Crippen LogP contribution in [0.15, 0.2) is 23.1 Å². The van der Waals surface area contributed by atoms with E-state index in [0.29, 0.717) is 18.7 Å². The summed E-state index contributed by atoms with van der Waals surface area (Å²) in [5.41, 5.74) is 0.606. The molecule has 0 aromatic heterocycles. The van der Waals surface area contributed by atoms with Crippen LogP contribution in [0.4, 0.5) is 0 Å². The van der Waals surface area contributed by atoms with Crippen molar-refractivity contribution in [3.8, 4) is 5.75 Å². The molecule has 2 rings (SSSR count). The van der Waals surface area contributed by atoms with E-state index >= 15 is 0 Å². The minimum absolute atomic E-state index is 0.114. The zero-order valence-electron chi connectivity index (χ0n) is 12.4. The van der Waals surface area contributed by atoms with Gasteiger partial charge in [0.25, 0.3) is 0 Å². The van der Waals surface area contributed by atoms with Gasteiger partial charge in [-0.1, -0.05) is 6.07 Å². The Bertz CT molecular complexity index is 591. The van der Waals surface area contributed by atoms with Gasteiger partial charge in [0.15, 0.2) is 0 Å². The lowest BCUT2D eigenvalue weighted by Crippen LogP contribution is -2.48. The molecular formula is C14H21NO5S. The van der Waals surface area contributed by atoms with Crippen LogP contribution in [0, 0.1) is 0 Å². The molecule has 0 aliphatic carbocycles. The smallest absolute Gasteiger partial charge is 0.246 e. The monoisotopic (exact) mass is 315 g/mol. The summed E-state index contributed by atoms with van der Waals surface area (Å²) in [6.45, 7) is 4.17. The lowest BCUT2D eigenvalue weighted by molar-refractivity contribution is -0.0441. The van der Waals surface area contributed by atoms with E-state index in [2.05, 4.69) is 0 Å². The zero-order valence-corrected chi connectivity index (χ0v) is 13.3. The Morgan fingerprint density at radius 2 is 1.95 bits per heavy atom. The molecule has 7 heteroatoms. The van der Waals surface area contributed by atoms with Gasteiger partial charge < -0.3 is 14.6 Å². The normalized spacial score (nSPS) is 24.0. The number of benzene rings is 1. The Labute approximate surface area is 125 Å². The van der Waals surface area contributed by atoms with Gasteiger partial charge in [0.2, 0.25) is 10.0 Å². The van der Waals surface area contributed by atoms with Gasteiger partial charge in [0.05, 0.1) is 25.9 Å². The molecule has 1 saturated heterocycles. The second kappa shape index (κ2) is 6.31. The molecule has 0 saturated carbocycles. The van der Waals surface area contributed by atoms with Crippen LogP contribution in [0.2, 0.25) is 0 Å². The Morgan fingerprint density at radius 3 is 2.48 bits per heavy atom. The molecule has 1 aromatic rings. The molecule has 2 atom stereocenters. The Morgan fingerprint density at radius 1 is 1.33 bits per heavy atom. The molecule has 6 nitrogen and oxygen atoms in total. The highest BCUT2D eigenvalue weighted by molar-refractivity contribution is 7.89. The van der Waals surface area contributed by atoms with Gasteiger partial charge in [-0.2, -0.15) is 4.31 Å². The van der Waals surface area contributed by atoms with Crippen molar-refractivity contribution >= 4 is 10.0 Å². The number of ether oxygens (including phenoxy) is 2. The fourth-order valence-electron chi connectivity index (χ4n) is 2.49. The van der Waals surface area contributed by atoms with Crippen LogP contribution in [-0.2, 0) is 21.4 Å². The molecule has 0 radical (unpaired) electrons. The van der Waals surface area contributed by atoms with Gasteiger partial charge in [0.1, 0.15) is 10.6 Å². The summed E-state index contributed by atoms with van der Waals surface area (Å²) in [4.78, 5) is 0.114. The summed E-state index contributed by atoms with van der Waals surface area (Å²) in [6, 6.07) is 4.60. The SMILES string of the molecule is COc1cc(CO)ccc1S(=O)(=O)N1CC(C)OC(C)C1. The van der Waals surface area contributed by atoms with Crippen LogP contribution < -0.4 is 4.74 Å². The molecule has 1 N–H and O–H groups in total. The van der Waals surface area contributed by atoms with Gasteiger partial charge in [-0.15, -0.1) is 0 Å². The number of hydrogen-bond donors (Lipinski definition) is 1. The van der Waals surface area contributed by atoms with Crippen LogP contribution in [0.25, 0.3) is 0 Å². The molecule has 2 unspecified atom stereocenters. The molecule has 1 aliphatic heterocycles.